The second-order valence-corrected chi connectivity index (χ2v) is 7.51. The molecule has 1 unspecified atom stereocenters. The van der Waals surface area contributed by atoms with Crippen LogP contribution in [0.15, 0.2) is 54.6 Å². The zero-order chi connectivity index (χ0) is 21.5. The summed E-state index contributed by atoms with van der Waals surface area (Å²) in [7, 11) is 1.59. The molecule has 0 bridgehead atoms. The molecule has 0 aromatic heterocycles. The second kappa shape index (κ2) is 10.2. The first-order valence-corrected chi connectivity index (χ1v) is 10.5. The predicted octanol–water partition coefficient (Wildman–Crippen LogP) is 3.47. The van der Waals surface area contributed by atoms with Gasteiger partial charge in [-0.2, -0.15) is 0 Å². The van der Waals surface area contributed by atoms with Gasteiger partial charge in [0.15, 0.2) is 5.11 Å². The van der Waals surface area contributed by atoms with Crippen LogP contribution in [0.4, 0.5) is 5.69 Å². The second-order valence-electron chi connectivity index (χ2n) is 7.14. The fourth-order valence-corrected chi connectivity index (χ4v) is 4.03. The van der Waals surface area contributed by atoms with Crippen molar-refractivity contribution in [3.05, 3.63) is 60.2 Å². The third-order valence-electron chi connectivity index (χ3n) is 5.18. The van der Waals surface area contributed by atoms with Crippen molar-refractivity contribution < 1.29 is 14.3 Å². The van der Waals surface area contributed by atoms with Crippen LogP contribution < -0.4 is 10.1 Å². The molecule has 3 rings (SSSR count). The number of hydrogen-bond donors (Lipinski definition) is 1. The number of carbonyl (C=O) groups excluding carboxylic acids is 2. The van der Waals surface area contributed by atoms with Crippen LogP contribution in [0.5, 0.6) is 5.75 Å². The lowest BCUT2D eigenvalue weighted by molar-refractivity contribution is -0.130. The molecule has 1 N–H and O–H groups in total. The number of hydrogen-bond acceptors (Lipinski definition) is 4. The van der Waals surface area contributed by atoms with Gasteiger partial charge in [-0.1, -0.05) is 30.3 Å². The van der Waals surface area contributed by atoms with Gasteiger partial charge in [0.05, 0.1) is 13.5 Å². The third-order valence-corrected chi connectivity index (χ3v) is 5.63. The normalized spacial score (nSPS) is 16.1. The van der Waals surface area contributed by atoms with Crippen LogP contribution in [0.25, 0.3) is 0 Å². The largest absolute Gasteiger partial charge is 0.497 e. The number of thiocarbonyl (C=S) groups is 1. The van der Waals surface area contributed by atoms with E-state index in [0.717, 1.165) is 12.8 Å². The number of nitrogens with zero attached hydrogens (tertiary/aromatic N) is 2. The van der Waals surface area contributed by atoms with Crippen LogP contribution in [0.1, 0.15) is 25.3 Å². The van der Waals surface area contributed by atoms with Gasteiger partial charge in [-0.25, -0.2) is 0 Å². The van der Waals surface area contributed by atoms with Crippen LogP contribution in [-0.2, 0) is 16.0 Å². The molecule has 1 heterocycles. The van der Waals surface area contributed by atoms with Gasteiger partial charge in [-0.15, -0.1) is 0 Å². The molecule has 0 aliphatic carbocycles. The van der Waals surface area contributed by atoms with E-state index in [9.17, 15) is 9.59 Å². The summed E-state index contributed by atoms with van der Waals surface area (Å²) in [6.45, 7) is 3.03. The highest BCUT2D eigenvalue weighted by molar-refractivity contribution is 7.80. The van der Waals surface area contributed by atoms with Gasteiger partial charge in [0.1, 0.15) is 11.8 Å². The zero-order valence-electron chi connectivity index (χ0n) is 17.3. The molecule has 1 saturated heterocycles. The molecule has 1 aliphatic rings. The minimum atomic E-state index is -0.563. The number of benzene rings is 2. The molecule has 1 fully saturated rings. The number of likely N-dealkylation sites (N-methyl/N-ethyl adjacent to an activating group) is 1. The summed E-state index contributed by atoms with van der Waals surface area (Å²) in [6, 6.07) is 16.7. The minimum absolute atomic E-state index is 0.0623. The SMILES string of the molecule is CCN1C(=O)C(CC(=O)Nc2ccc(OC)cc2)N(CCCc2ccccc2)C1=S. The molecular weight excluding hydrogens is 398 g/mol. The summed E-state index contributed by atoms with van der Waals surface area (Å²) in [4.78, 5) is 29.0. The number of carbonyl (C=O) groups is 2. The lowest BCUT2D eigenvalue weighted by Gasteiger charge is -2.23. The lowest BCUT2D eigenvalue weighted by atomic mass is 10.1. The number of rotatable bonds is 9. The molecular formula is C23H27N3O3S. The average molecular weight is 426 g/mol. The Morgan fingerprint density at radius 3 is 2.47 bits per heavy atom. The number of methoxy groups -OCH3 is 1. The van der Waals surface area contributed by atoms with Crippen molar-refractivity contribution in [3.63, 3.8) is 0 Å². The number of anilines is 1. The fraction of sp³-hybridized carbons (Fsp3) is 0.348. The standard InChI is InChI=1S/C23H27N3O3S/c1-3-25-22(28)20(16-21(27)24-18-11-13-19(29-2)14-12-18)26(23(25)30)15-7-10-17-8-5-4-6-9-17/h4-6,8-9,11-14,20H,3,7,10,15-16H2,1-2H3,(H,24,27). The van der Waals surface area contributed by atoms with Gasteiger partial charge in [0.2, 0.25) is 5.91 Å². The van der Waals surface area contributed by atoms with Crippen molar-refractivity contribution in [2.24, 2.45) is 0 Å². The maximum absolute atomic E-state index is 12.9. The molecule has 7 heteroatoms. The van der Waals surface area contributed by atoms with Gasteiger partial charge in [-0.05, 0) is 61.8 Å². The summed E-state index contributed by atoms with van der Waals surface area (Å²) in [5.41, 5.74) is 1.91. The molecule has 2 amide bonds. The first-order valence-electron chi connectivity index (χ1n) is 10.1. The van der Waals surface area contributed by atoms with Crippen LogP contribution in [0.3, 0.4) is 0 Å². The Morgan fingerprint density at radius 1 is 1.13 bits per heavy atom. The monoisotopic (exact) mass is 425 g/mol. The summed E-state index contributed by atoms with van der Waals surface area (Å²) in [6.07, 6.45) is 1.81. The van der Waals surface area contributed by atoms with E-state index in [1.165, 1.54) is 5.56 Å². The molecule has 158 valence electrons. The van der Waals surface area contributed by atoms with E-state index in [4.69, 9.17) is 17.0 Å². The topological polar surface area (TPSA) is 61.9 Å². The lowest BCUT2D eigenvalue weighted by Crippen LogP contribution is -2.38. The molecule has 0 saturated carbocycles. The van der Waals surface area contributed by atoms with E-state index in [1.54, 1.807) is 36.3 Å². The minimum Gasteiger partial charge on any atom is -0.497 e. The Hall–Kier alpha value is -2.93. The number of aryl methyl sites for hydroxylation is 1. The summed E-state index contributed by atoms with van der Waals surface area (Å²) < 4.78 is 5.13. The quantitative estimate of drug-likeness (QED) is 0.624. The van der Waals surface area contributed by atoms with E-state index in [-0.39, 0.29) is 18.2 Å². The van der Waals surface area contributed by atoms with Crippen molar-refractivity contribution in [2.45, 2.75) is 32.2 Å². The van der Waals surface area contributed by atoms with Gasteiger partial charge in [-0.3, -0.25) is 14.5 Å². The van der Waals surface area contributed by atoms with E-state index in [0.29, 0.717) is 29.6 Å². The molecule has 6 nitrogen and oxygen atoms in total. The number of nitrogens with one attached hydrogen (secondary N) is 1. The van der Waals surface area contributed by atoms with Crippen LogP contribution >= 0.6 is 12.2 Å². The Bertz CT molecular complexity index is 886. The highest BCUT2D eigenvalue weighted by atomic mass is 32.1. The van der Waals surface area contributed by atoms with E-state index < -0.39 is 6.04 Å². The van der Waals surface area contributed by atoms with Crippen LogP contribution in [-0.4, -0.2) is 53.0 Å². The molecule has 2 aromatic carbocycles. The van der Waals surface area contributed by atoms with Gasteiger partial charge in [0.25, 0.3) is 5.91 Å². The third kappa shape index (κ3) is 5.16. The van der Waals surface area contributed by atoms with Crippen molar-refractivity contribution in [2.75, 3.05) is 25.5 Å². The van der Waals surface area contributed by atoms with Gasteiger partial charge >= 0.3 is 0 Å². The smallest absolute Gasteiger partial charge is 0.252 e. The van der Waals surface area contributed by atoms with Crippen molar-refractivity contribution >= 4 is 34.8 Å². The maximum Gasteiger partial charge on any atom is 0.252 e. The first-order chi connectivity index (χ1) is 14.5. The first kappa shape index (κ1) is 21.8. The Balaban J connectivity index is 1.63. The number of amides is 2. The van der Waals surface area contributed by atoms with Crippen molar-refractivity contribution in [3.8, 4) is 5.75 Å². The van der Waals surface area contributed by atoms with Crippen LogP contribution in [0, 0.1) is 0 Å². The summed E-state index contributed by atoms with van der Waals surface area (Å²) >= 11 is 5.54. The molecule has 0 spiro atoms. The van der Waals surface area contributed by atoms with Gasteiger partial charge < -0.3 is 15.0 Å². The van der Waals surface area contributed by atoms with E-state index >= 15 is 0 Å². The molecule has 1 atom stereocenters. The molecule has 1 aliphatic heterocycles. The maximum atomic E-state index is 12.9. The Labute approximate surface area is 182 Å². The highest BCUT2D eigenvalue weighted by Gasteiger charge is 2.42. The van der Waals surface area contributed by atoms with Crippen molar-refractivity contribution in [1.29, 1.82) is 0 Å². The summed E-state index contributed by atoms with van der Waals surface area (Å²) in [5.74, 6) is 0.395. The van der Waals surface area contributed by atoms with E-state index in [1.807, 2.05) is 30.0 Å². The molecule has 0 radical (unpaired) electrons. The zero-order valence-corrected chi connectivity index (χ0v) is 18.2. The Kier molecular flexibility index (Phi) is 7.41. The average Bonchev–Trinajstić information content (AvgIpc) is 2.98. The highest BCUT2D eigenvalue weighted by Crippen LogP contribution is 2.22. The van der Waals surface area contributed by atoms with Crippen molar-refractivity contribution in [1.82, 2.24) is 9.80 Å². The Morgan fingerprint density at radius 2 is 1.83 bits per heavy atom. The van der Waals surface area contributed by atoms with Crippen LogP contribution in [0.2, 0.25) is 0 Å². The molecule has 30 heavy (non-hydrogen) atoms. The van der Waals surface area contributed by atoms with Gasteiger partial charge in [0, 0.05) is 18.8 Å². The van der Waals surface area contributed by atoms with E-state index in [2.05, 4.69) is 17.4 Å². The summed E-state index contributed by atoms with van der Waals surface area (Å²) in [5, 5.41) is 3.37. The molecule has 2 aromatic rings. The number of ether oxygens (including phenoxy) is 1. The predicted molar refractivity (Wildman–Crippen MR) is 121 cm³/mol. The fourth-order valence-electron chi connectivity index (χ4n) is 3.60.